The van der Waals surface area contributed by atoms with Crippen molar-refractivity contribution in [3.63, 3.8) is 0 Å². The predicted molar refractivity (Wildman–Crippen MR) is 108 cm³/mol. The van der Waals surface area contributed by atoms with E-state index in [1.54, 1.807) is 13.8 Å². The van der Waals surface area contributed by atoms with Gasteiger partial charge in [0.15, 0.2) is 17.4 Å². The van der Waals surface area contributed by atoms with Crippen molar-refractivity contribution >= 4 is 11.6 Å². The van der Waals surface area contributed by atoms with E-state index in [0.717, 1.165) is 6.26 Å². The van der Waals surface area contributed by atoms with Crippen LogP contribution in [0.15, 0.2) is 24.0 Å². The van der Waals surface area contributed by atoms with Gasteiger partial charge in [0, 0.05) is 17.4 Å². The number of rotatable bonds is 0. The zero-order chi connectivity index (χ0) is 22.4. The maximum absolute atomic E-state index is 14.0. The molecule has 31 heavy (non-hydrogen) atoms. The first kappa shape index (κ1) is 20.1. The Morgan fingerprint density at radius 1 is 1.13 bits per heavy atom. The Hall–Kier alpha value is -1.54. The topological polar surface area (TPSA) is 102 Å². The van der Waals surface area contributed by atoms with Gasteiger partial charge in [-0.1, -0.05) is 20.4 Å². The van der Waals surface area contributed by atoms with E-state index in [0.29, 0.717) is 30.4 Å². The van der Waals surface area contributed by atoms with E-state index in [4.69, 9.17) is 14.2 Å². The highest BCUT2D eigenvalue weighted by molar-refractivity contribution is 6.08. The molecule has 7 heteroatoms. The minimum atomic E-state index is -1.59. The molecular weight excluding hydrogens is 400 g/mol. The summed E-state index contributed by atoms with van der Waals surface area (Å²) < 4.78 is 19.2. The second-order valence-corrected chi connectivity index (χ2v) is 11.6. The first-order valence-electron chi connectivity index (χ1n) is 11.2. The summed E-state index contributed by atoms with van der Waals surface area (Å²) in [5.74, 6) is -4.18. The molecule has 168 valence electrons. The van der Waals surface area contributed by atoms with E-state index >= 15 is 0 Å². The summed E-state index contributed by atoms with van der Waals surface area (Å²) in [5.41, 5.74) is -2.17. The van der Waals surface area contributed by atoms with Crippen LogP contribution in [0.1, 0.15) is 47.0 Å². The number of carbonyl (C=O) groups is 2. The highest BCUT2D eigenvalue weighted by atomic mass is 16.8. The molecule has 4 saturated carbocycles. The number of hydrogen-bond donors (Lipinski definition) is 2. The van der Waals surface area contributed by atoms with Gasteiger partial charge in [0.1, 0.15) is 11.5 Å². The molecule has 0 amide bonds. The highest BCUT2D eigenvalue weighted by Crippen LogP contribution is 2.78. The average Bonchev–Trinajstić information content (AvgIpc) is 2.80. The van der Waals surface area contributed by atoms with Crippen LogP contribution in [0, 0.1) is 34.0 Å². The Bertz CT molecular complexity index is 978. The van der Waals surface area contributed by atoms with Gasteiger partial charge in [-0.05, 0) is 50.0 Å². The molecule has 4 bridgehead atoms. The van der Waals surface area contributed by atoms with Crippen molar-refractivity contribution in [2.24, 2.45) is 34.0 Å². The number of hydrogen-bond acceptors (Lipinski definition) is 7. The number of aliphatic hydroxyl groups is 2. The molecule has 7 aliphatic rings. The summed E-state index contributed by atoms with van der Waals surface area (Å²) in [6, 6.07) is 0. The first-order valence-corrected chi connectivity index (χ1v) is 11.2. The molecule has 0 aromatic carbocycles. The molecule has 3 spiro atoms. The van der Waals surface area contributed by atoms with Crippen LogP contribution in [0.3, 0.4) is 0 Å². The van der Waals surface area contributed by atoms with Gasteiger partial charge in [-0.2, -0.15) is 0 Å². The fourth-order valence-corrected chi connectivity index (χ4v) is 8.79. The largest absolute Gasteiger partial charge is 0.515 e. The van der Waals surface area contributed by atoms with Crippen LogP contribution >= 0.6 is 0 Å². The zero-order valence-electron chi connectivity index (χ0n) is 18.4. The molecule has 3 saturated heterocycles. The zero-order valence-corrected chi connectivity index (χ0v) is 18.4. The van der Waals surface area contributed by atoms with Crippen molar-refractivity contribution < 1.29 is 34.0 Å². The van der Waals surface area contributed by atoms with Crippen LogP contribution in [-0.2, 0) is 23.8 Å². The van der Waals surface area contributed by atoms with E-state index in [1.807, 2.05) is 13.8 Å². The van der Waals surface area contributed by atoms with Crippen LogP contribution in [0.5, 0.6) is 0 Å². The highest BCUT2D eigenvalue weighted by Gasteiger charge is 2.90. The second kappa shape index (κ2) is 5.33. The van der Waals surface area contributed by atoms with Crippen LogP contribution in [0.25, 0.3) is 0 Å². The molecule has 4 aliphatic carbocycles. The minimum absolute atomic E-state index is 0.0496. The average molecular weight is 430 g/mol. The summed E-state index contributed by atoms with van der Waals surface area (Å²) in [6.45, 7) is 11.7. The summed E-state index contributed by atoms with van der Waals surface area (Å²) in [6.07, 6.45) is 0.774. The van der Waals surface area contributed by atoms with Gasteiger partial charge in [0.05, 0.1) is 24.4 Å². The van der Waals surface area contributed by atoms with Crippen molar-refractivity contribution in [3.05, 3.63) is 24.0 Å². The Morgan fingerprint density at radius 3 is 2.52 bits per heavy atom. The number of fused-ring (bicyclic) bond motifs is 1. The van der Waals surface area contributed by atoms with Gasteiger partial charge in [0.2, 0.25) is 5.79 Å². The number of aliphatic hydroxyl groups excluding tert-OH is 2. The van der Waals surface area contributed by atoms with Crippen molar-refractivity contribution in [2.75, 3.05) is 6.61 Å². The van der Waals surface area contributed by atoms with E-state index in [-0.39, 0.29) is 24.1 Å². The van der Waals surface area contributed by atoms with E-state index in [2.05, 4.69) is 6.58 Å². The van der Waals surface area contributed by atoms with Gasteiger partial charge >= 0.3 is 0 Å². The standard InChI is InChI=1S/C24H30O7/c1-11-13-6-7-14-22-10-29-24(23(14,16(11)26)19(13)30-21(4,5)31-24)18(28)15(22)20(2,3)8-12(9-25)17(22)27/h9,13-15,18-19,25,28H,1,6-8,10H2,2-5H3/b12-9-/t13-,14-,15+,18-,19+,22-,23-,24?/m0/s1. The third-order valence-corrected chi connectivity index (χ3v) is 9.40. The number of ether oxygens (including phenoxy) is 3. The Morgan fingerprint density at radius 2 is 1.84 bits per heavy atom. The molecule has 2 N–H and O–H groups in total. The predicted octanol–water partition coefficient (Wildman–Crippen LogP) is 2.43. The summed E-state index contributed by atoms with van der Waals surface area (Å²) >= 11 is 0. The lowest BCUT2D eigenvalue weighted by molar-refractivity contribution is -0.523. The lowest BCUT2D eigenvalue weighted by atomic mass is 9.35. The maximum atomic E-state index is 14.0. The van der Waals surface area contributed by atoms with Gasteiger partial charge in [0.25, 0.3) is 0 Å². The molecule has 1 unspecified atom stereocenters. The monoisotopic (exact) mass is 430 g/mol. The molecule has 0 radical (unpaired) electrons. The summed E-state index contributed by atoms with van der Waals surface area (Å²) in [5, 5.41) is 21.9. The van der Waals surface area contributed by atoms with Crippen LogP contribution in [0.2, 0.25) is 0 Å². The second-order valence-electron chi connectivity index (χ2n) is 11.6. The number of ketones is 2. The molecular formula is C24H30O7. The molecule has 8 atom stereocenters. The van der Waals surface area contributed by atoms with Gasteiger partial charge in [-0.3, -0.25) is 9.59 Å². The van der Waals surface area contributed by atoms with E-state index in [1.165, 1.54) is 0 Å². The minimum Gasteiger partial charge on any atom is -0.515 e. The number of Topliss-reactive ketones (excluding diaryl/α,β-unsaturated/α-hetero) is 2. The Labute approximate surface area is 181 Å². The molecule has 0 aromatic rings. The molecule has 3 heterocycles. The van der Waals surface area contributed by atoms with Crippen LogP contribution < -0.4 is 0 Å². The van der Waals surface area contributed by atoms with Gasteiger partial charge in [-0.25, -0.2) is 0 Å². The number of allylic oxidation sites excluding steroid dienone is 1. The number of carbonyl (C=O) groups excluding carboxylic acids is 2. The van der Waals surface area contributed by atoms with E-state index in [9.17, 15) is 19.8 Å². The lowest BCUT2D eigenvalue weighted by Crippen LogP contribution is -2.88. The first-order chi connectivity index (χ1) is 14.4. The Balaban J connectivity index is 1.70. The van der Waals surface area contributed by atoms with Crippen molar-refractivity contribution in [1.82, 2.24) is 0 Å². The molecule has 7 nitrogen and oxygen atoms in total. The third kappa shape index (κ3) is 1.79. The fraction of sp³-hybridized carbons (Fsp3) is 0.750. The van der Waals surface area contributed by atoms with Crippen molar-refractivity contribution in [3.8, 4) is 0 Å². The third-order valence-electron chi connectivity index (χ3n) is 9.40. The van der Waals surface area contributed by atoms with Crippen LogP contribution in [0.4, 0.5) is 0 Å². The molecule has 7 rings (SSSR count). The summed E-state index contributed by atoms with van der Waals surface area (Å²) in [7, 11) is 0. The van der Waals surface area contributed by atoms with E-state index < -0.39 is 51.9 Å². The molecule has 0 aromatic heterocycles. The maximum Gasteiger partial charge on any atom is 0.213 e. The van der Waals surface area contributed by atoms with Crippen molar-refractivity contribution in [1.29, 1.82) is 0 Å². The van der Waals surface area contributed by atoms with Gasteiger partial charge in [-0.15, -0.1) is 0 Å². The van der Waals surface area contributed by atoms with Gasteiger partial charge < -0.3 is 24.4 Å². The molecule has 7 fully saturated rings. The Kier molecular flexibility index (Phi) is 3.45. The fourth-order valence-electron chi connectivity index (χ4n) is 8.79. The summed E-state index contributed by atoms with van der Waals surface area (Å²) in [4.78, 5) is 27.9. The van der Waals surface area contributed by atoms with Crippen LogP contribution in [-0.4, -0.2) is 52.2 Å². The van der Waals surface area contributed by atoms with Crippen molar-refractivity contribution in [2.45, 2.75) is 70.7 Å². The quantitative estimate of drug-likeness (QED) is 0.449. The SMILES string of the molecule is C=C1C(=O)[C@@]23[C@@H]4OC(C)(C)OC25OC[C@]2(C(=O)/C(=C\O)CC(C)(C)[C@H]2[C@@H]5O)[C@@H]3CC[C@@H]14. The lowest BCUT2D eigenvalue weighted by Gasteiger charge is -2.76. The normalized spacial score (nSPS) is 54.7. The smallest absolute Gasteiger partial charge is 0.213 e. The molecule has 3 aliphatic heterocycles.